The lowest BCUT2D eigenvalue weighted by Gasteiger charge is -2.37. The molecule has 2 aromatic rings. The summed E-state index contributed by atoms with van der Waals surface area (Å²) in [7, 11) is 0. The Morgan fingerprint density at radius 3 is 2.28 bits per heavy atom. The van der Waals surface area contributed by atoms with Gasteiger partial charge in [0.05, 0.1) is 18.3 Å². The lowest BCUT2D eigenvalue weighted by Crippen LogP contribution is -2.40. The van der Waals surface area contributed by atoms with Gasteiger partial charge in [0.2, 0.25) is 11.8 Å². The number of rotatable bonds is 4. The molecule has 5 heteroatoms. The van der Waals surface area contributed by atoms with Gasteiger partial charge >= 0.3 is 5.97 Å². The van der Waals surface area contributed by atoms with Crippen LogP contribution in [0.1, 0.15) is 12.8 Å². The number of imide groups is 1. The Balaban J connectivity index is 1.13. The van der Waals surface area contributed by atoms with Gasteiger partial charge in [-0.3, -0.25) is 19.3 Å². The van der Waals surface area contributed by atoms with Crippen molar-refractivity contribution in [1.82, 2.24) is 4.90 Å². The van der Waals surface area contributed by atoms with E-state index < -0.39 is 5.97 Å². The maximum absolute atomic E-state index is 12.9. The topological polar surface area (TPSA) is 63.7 Å². The molecule has 2 aromatic carbocycles. The first-order valence-corrected chi connectivity index (χ1v) is 10.3. The van der Waals surface area contributed by atoms with Crippen LogP contribution in [0.25, 0.3) is 10.8 Å². The third kappa shape index (κ3) is 2.49. The number of allylic oxidation sites excluding steroid dienone is 2. The molecule has 146 valence electrons. The smallest absolute Gasteiger partial charge is 0.312 e. The second-order valence-corrected chi connectivity index (χ2v) is 8.72. The number of hydrogen-bond donors (Lipinski definition) is 0. The highest BCUT2D eigenvalue weighted by molar-refractivity contribution is 6.06. The summed E-state index contributed by atoms with van der Waals surface area (Å²) in [5.74, 6) is 1.02. The number of esters is 1. The third-order valence-corrected chi connectivity index (χ3v) is 7.25. The summed E-state index contributed by atoms with van der Waals surface area (Å²) in [6.45, 7) is 0.103. The maximum Gasteiger partial charge on any atom is 0.312 e. The van der Waals surface area contributed by atoms with E-state index in [0.717, 1.165) is 17.2 Å². The van der Waals surface area contributed by atoms with E-state index in [0.29, 0.717) is 17.6 Å². The minimum atomic E-state index is -0.431. The Labute approximate surface area is 168 Å². The molecule has 0 radical (unpaired) electrons. The highest BCUT2D eigenvalue weighted by Gasteiger charge is 2.66. The second-order valence-electron chi connectivity index (χ2n) is 8.72. The van der Waals surface area contributed by atoms with Crippen molar-refractivity contribution in [3.05, 3.63) is 54.6 Å². The molecule has 0 aromatic heterocycles. The van der Waals surface area contributed by atoms with Crippen molar-refractivity contribution in [2.24, 2.45) is 35.5 Å². The quantitative estimate of drug-likeness (QED) is 0.350. The van der Waals surface area contributed by atoms with E-state index in [9.17, 15) is 14.4 Å². The van der Waals surface area contributed by atoms with Crippen molar-refractivity contribution in [3.63, 3.8) is 0 Å². The largest absolute Gasteiger partial charge is 0.426 e. The fourth-order valence-corrected chi connectivity index (χ4v) is 5.86. The summed E-state index contributed by atoms with van der Waals surface area (Å²) in [5.41, 5.74) is 0. The van der Waals surface area contributed by atoms with Gasteiger partial charge in [-0.25, -0.2) is 0 Å². The number of amides is 2. The summed E-state index contributed by atoms with van der Waals surface area (Å²) in [4.78, 5) is 39.5. The van der Waals surface area contributed by atoms with Crippen LogP contribution in [-0.4, -0.2) is 29.2 Å². The van der Waals surface area contributed by atoms with Gasteiger partial charge in [-0.1, -0.05) is 42.5 Å². The zero-order chi connectivity index (χ0) is 19.7. The fourth-order valence-electron chi connectivity index (χ4n) is 5.86. The Hall–Kier alpha value is -2.95. The molecular formula is C24H21NO4. The molecule has 2 amide bonds. The summed E-state index contributed by atoms with van der Waals surface area (Å²) in [6.07, 6.45) is 5.47. The molecule has 7 rings (SSSR count). The SMILES string of the molecule is O=C(CCN1C(=O)[C@@H]2[C@@H]3C=C[C@H]([C@H]4C[C@@H]34)[C@@H]2C1=O)Oc1ccc2ccccc2c1. The van der Waals surface area contributed by atoms with Crippen LogP contribution < -0.4 is 4.74 Å². The summed E-state index contributed by atoms with van der Waals surface area (Å²) in [6, 6.07) is 13.3. The van der Waals surface area contributed by atoms with Crippen molar-refractivity contribution in [1.29, 1.82) is 0 Å². The zero-order valence-electron chi connectivity index (χ0n) is 15.9. The lowest BCUT2D eigenvalue weighted by molar-refractivity contribution is -0.141. The molecular weight excluding hydrogens is 366 g/mol. The molecule has 0 unspecified atom stereocenters. The van der Waals surface area contributed by atoms with Gasteiger partial charge < -0.3 is 4.74 Å². The monoisotopic (exact) mass is 387 g/mol. The molecule has 4 aliphatic carbocycles. The van der Waals surface area contributed by atoms with Crippen molar-refractivity contribution < 1.29 is 19.1 Å². The average molecular weight is 387 g/mol. The van der Waals surface area contributed by atoms with E-state index in [1.54, 1.807) is 6.07 Å². The molecule has 1 saturated heterocycles. The Morgan fingerprint density at radius 2 is 1.59 bits per heavy atom. The minimum absolute atomic E-state index is 0.0133. The molecule has 5 nitrogen and oxygen atoms in total. The standard InChI is InChI=1S/C24H21NO4/c26-20(29-15-6-5-13-3-1-2-4-14(13)11-15)9-10-25-23(27)21-16-7-8-17(19-12-18(16)19)22(21)24(25)28/h1-8,11,16-19,21-22H,9-10,12H2/t16-,17-,18-,19+,21+,22-/m1/s1. The highest BCUT2D eigenvalue weighted by Crippen LogP contribution is 2.65. The molecule has 0 N–H and O–H groups in total. The van der Waals surface area contributed by atoms with Crippen LogP contribution in [0.3, 0.4) is 0 Å². The number of fused-ring (bicyclic) bond motifs is 1. The van der Waals surface area contributed by atoms with Crippen LogP contribution >= 0.6 is 0 Å². The first-order chi connectivity index (χ1) is 14.1. The van der Waals surface area contributed by atoms with Gasteiger partial charge in [0, 0.05) is 6.54 Å². The van der Waals surface area contributed by atoms with E-state index in [4.69, 9.17) is 4.74 Å². The van der Waals surface area contributed by atoms with Crippen molar-refractivity contribution in [2.75, 3.05) is 6.54 Å². The van der Waals surface area contributed by atoms with E-state index in [2.05, 4.69) is 12.2 Å². The number of nitrogens with zero attached hydrogens (tertiary/aromatic N) is 1. The van der Waals surface area contributed by atoms with Gasteiger partial charge in [0.15, 0.2) is 0 Å². The van der Waals surface area contributed by atoms with Gasteiger partial charge in [-0.2, -0.15) is 0 Å². The Bertz CT molecular complexity index is 1050. The Kier molecular flexibility index (Phi) is 3.52. The molecule has 1 aliphatic heterocycles. The number of likely N-dealkylation sites (tertiary alicyclic amines) is 1. The number of carbonyl (C=O) groups is 3. The molecule has 0 spiro atoms. The average Bonchev–Trinajstić information content (AvgIpc) is 3.51. The van der Waals surface area contributed by atoms with Crippen molar-refractivity contribution >= 4 is 28.6 Å². The first-order valence-electron chi connectivity index (χ1n) is 10.3. The molecule has 3 fully saturated rings. The van der Waals surface area contributed by atoms with Crippen LogP contribution in [0, 0.1) is 35.5 Å². The summed E-state index contributed by atoms with van der Waals surface area (Å²) in [5, 5.41) is 2.07. The van der Waals surface area contributed by atoms with Gasteiger partial charge in [0.25, 0.3) is 0 Å². The highest BCUT2D eigenvalue weighted by atomic mass is 16.5. The first kappa shape index (κ1) is 17.0. The molecule has 6 atom stereocenters. The van der Waals surface area contributed by atoms with Gasteiger partial charge in [-0.05, 0) is 53.0 Å². The fraction of sp³-hybridized carbons (Fsp3) is 0.375. The number of ether oxygens (including phenoxy) is 1. The molecule has 29 heavy (non-hydrogen) atoms. The van der Waals surface area contributed by atoms with Gasteiger partial charge in [-0.15, -0.1) is 0 Å². The minimum Gasteiger partial charge on any atom is -0.426 e. The predicted octanol–water partition coefficient (Wildman–Crippen LogP) is 3.19. The maximum atomic E-state index is 12.9. The van der Waals surface area contributed by atoms with Crippen LogP contribution in [0.4, 0.5) is 0 Å². The van der Waals surface area contributed by atoms with Crippen LogP contribution in [0.5, 0.6) is 5.75 Å². The lowest BCUT2D eigenvalue weighted by atomic mass is 9.63. The molecule has 2 bridgehead atoms. The number of benzene rings is 2. The van der Waals surface area contributed by atoms with E-state index in [1.165, 1.54) is 4.90 Å². The van der Waals surface area contributed by atoms with E-state index in [-0.39, 0.29) is 48.5 Å². The van der Waals surface area contributed by atoms with Crippen molar-refractivity contribution in [3.8, 4) is 5.75 Å². The number of hydrogen-bond acceptors (Lipinski definition) is 4. The molecule has 5 aliphatic rings. The van der Waals surface area contributed by atoms with Gasteiger partial charge in [0.1, 0.15) is 5.75 Å². The van der Waals surface area contributed by atoms with Crippen LogP contribution in [-0.2, 0) is 14.4 Å². The third-order valence-electron chi connectivity index (χ3n) is 7.25. The number of carbonyl (C=O) groups excluding carboxylic acids is 3. The molecule has 2 saturated carbocycles. The predicted molar refractivity (Wildman–Crippen MR) is 106 cm³/mol. The van der Waals surface area contributed by atoms with Crippen molar-refractivity contribution in [2.45, 2.75) is 12.8 Å². The second kappa shape index (κ2) is 6.02. The summed E-state index contributed by atoms with van der Waals surface area (Å²) < 4.78 is 5.45. The summed E-state index contributed by atoms with van der Waals surface area (Å²) >= 11 is 0. The van der Waals surface area contributed by atoms with E-state index >= 15 is 0 Å². The molecule has 1 heterocycles. The van der Waals surface area contributed by atoms with Crippen LogP contribution in [0.2, 0.25) is 0 Å². The zero-order valence-corrected chi connectivity index (χ0v) is 15.9. The Morgan fingerprint density at radius 1 is 0.931 bits per heavy atom. The van der Waals surface area contributed by atoms with E-state index in [1.807, 2.05) is 36.4 Å². The normalized spacial score (nSPS) is 33.7. The van der Waals surface area contributed by atoms with Crippen LogP contribution in [0.15, 0.2) is 54.6 Å².